The number of carbonyl (C=O) groups is 2. The Morgan fingerprint density at radius 1 is 1.00 bits per heavy atom. The van der Waals surface area contributed by atoms with E-state index in [4.69, 9.17) is 9.47 Å². The molecule has 2 aromatic carbocycles. The van der Waals surface area contributed by atoms with E-state index in [9.17, 15) is 23.2 Å². The molecular weight excluding hydrogens is 474 g/mol. The molecule has 0 spiro atoms. The molecule has 2 heterocycles. The summed E-state index contributed by atoms with van der Waals surface area (Å²) < 4.78 is 36.4. The average Bonchev–Trinajstić information content (AvgIpc) is 2.89. The number of nitrogens with one attached hydrogen (secondary N) is 1. The smallest absolute Gasteiger partial charge is 0.265 e. The molecule has 2 amide bonds. The van der Waals surface area contributed by atoms with Crippen LogP contribution in [0.2, 0.25) is 0 Å². The number of sulfone groups is 1. The Morgan fingerprint density at radius 2 is 1.63 bits per heavy atom. The molecule has 0 saturated carbocycles. The predicted molar refractivity (Wildman–Crippen MR) is 127 cm³/mol. The molecule has 0 aliphatic carbocycles. The first kappa shape index (κ1) is 25.0. The van der Waals surface area contributed by atoms with Crippen LogP contribution in [0.5, 0.6) is 11.5 Å². The minimum Gasteiger partial charge on any atom is -0.455 e. The van der Waals surface area contributed by atoms with Crippen LogP contribution in [0.1, 0.15) is 19.8 Å². The highest BCUT2D eigenvalue weighted by Gasteiger charge is 2.52. The Labute approximate surface area is 204 Å². The summed E-state index contributed by atoms with van der Waals surface area (Å²) in [6.45, 7) is 4.38. The highest BCUT2D eigenvalue weighted by atomic mass is 32.2. The number of rotatable bonds is 6. The molecule has 2 aliphatic rings. The summed E-state index contributed by atoms with van der Waals surface area (Å²) in [5.41, 5.74) is 2.40. The lowest BCUT2D eigenvalue weighted by atomic mass is 9.98. The molecule has 0 unspecified atom stereocenters. The Bertz CT molecular complexity index is 1170. The number of hydroxylamine groups is 1. The topological polar surface area (TPSA) is 125 Å². The van der Waals surface area contributed by atoms with Gasteiger partial charge in [0.05, 0.1) is 10.6 Å². The Kier molecular flexibility index (Phi) is 7.29. The van der Waals surface area contributed by atoms with Crippen molar-refractivity contribution >= 4 is 27.3 Å². The lowest BCUT2D eigenvalue weighted by molar-refractivity contribution is -0.134. The van der Waals surface area contributed by atoms with E-state index in [1.807, 2.05) is 24.3 Å². The average molecular weight is 504 g/mol. The second kappa shape index (κ2) is 10.2. The molecule has 2 aliphatic heterocycles. The highest BCUT2D eigenvalue weighted by Crippen LogP contribution is 2.37. The maximum absolute atomic E-state index is 13.4. The molecule has 10 nitrogen and oxygen atoms in total. The molecule has 11 heteroatoms. The van der Waals surface area contributed by atoms with E-state index in [0.717, 1.165) is 5.69 Å². The van der Waals surface area contributed by atoms with Crippen molar-refractivity contribution in [1.82, 2.24) is 10.4 Å². The monoisotopic (exact) mass is 503 g/mol. The van der Waals surface area contributed by atoms with Crippen LogP contribution in [-0.2, 0) is 24.2 Å². The Morgan fingerprint density at radius 3 is 2.23 bits per heavy atom. The maximum atomic E-state index is 13.4. The van der Waals surface area contributed by atoms with Crippen LogP contribution in [0.4, 0.5) is 5.69 Å². The van der Waals surface area contributed by atoms with Gasteiger partial charge >= 0.3 is 0 Å². The number of carbonyl (C=O) groups excluding carboxylic acids is 2. The van der Waals surface area contributed by atoms with E-state index >= 15 is 0 Å². The number of nitrogens with zero attached hydrogens (tertiary/aromatic N) is 2. The van der Waals surface area contributed by atoms with Gasteiger partial charge in [-0.3, -0.25) is 14.8 Å². The van der Waals surface area contributed by atoms with Crippen LogP contribution in [0.25, 0.3) is 0 Å². The normalized spacial score (nSPS) is 18.1. The van der Waals surface area contributed by atoms with E-state index in [1.165, 1.54) is 17.6 Å². The van der Waals surface area contributed by atoms with E-state index in [2.05, 4.69) is 4.90 Å². The summed E-state index contributed by atoms with van der Waals surface area (Å²) in [4.78, 5) is 28.0. The zero-order valence-corrected chi connectivity index (χ0v) is 20.3. The molecule has 0 radical (unpaired) electrons. The predicted octanol–water partition coefficient (Wildman–Crippen LogP) is 1.98. The fourth-order valence-electron chi connectivity index (χ4n) is 4.53. The summed E-state index contributed by atoms with van der Waals surface area (Å²) in [6.07, 6.45) is -0.103. The lowest BCUT2D eigenvalue weighted by Gasteiger charge is -2.36. The second-order valence-electron chi connectivity index (χ2n) is 8.59. The number of benzene rings is 2. The van der Waals surface area contributed by atoms with Crippen molar-refractivity contribution in [3.8, 4) is 11.5 Å². The van der Waals surface area contributed by atoms with Gasteiger partial charge in [-0.15, -0.1) is 0 Å². The summed E-state index contributed by atoms with van der Waals surface area (Å²) in [6, 6.07) is 13.4. The third-order valence-electron chi connectivity index (χ3n) is 6.62. The van der Waals surface area contributed by atoms with Gasteiger partial charge in [-0.25, -0.2) is 13.9 Å². The number of ether oxygens (including phenoxy) is 2. The van der Waals surface area contributed by atoms with E-state index in [1.54, 1.807) is 24.0 Å². The molecule has 4 rings (SSSR count). The van der Waals surface area contributed by atoms with Crippen molar-refractivity contribution in [2.45, 2.75) is 29.4 Å². The van der Waals surface area contributed by atoms with Gasteiger partial charge in [-0.05, 0) is 49.2 Å². The van der Waals surface area contributed by atoms with Gasteiger partial charge in [0, 0.05) is 46.3 Å². The highest BCUT2D eigenvalue weighted by molar-refractivity contribution is 7.93. The molecule has 2 N–H and O–H groups in total. The van der Waals surface area contributed by atoms with Gasteiger partial charge < -0.3 is 19.3 Å². The van der Waals surface area contributed by atoms with Gasteiger partial charge in [0.15, 0.2) is 20.3 Å². The first-order valence-corrected chi connectivity index (χ1v) is 12.9. The van der Waals surface area contributed by atoms with Crippen molar-refractivity contribution in [3.05, 3.63) is 48.5 Å². The molecule has 2 saturated heterocycles. The van der Waals surface area contributed by atoms with E-state index in [0.29, 0.717) is 37.7 Å². The molecule has 2 fully saturated rings. The quantitative estimate of drug-likeness (QED) is 0.453. The molecule has 2 aromatic rings. The Hall–Kier alpha value is -3.15. The maximum Gasteiger partial charge on any atom is 0.265 e. The Balaban J connectivity index is 1.54. The van der Waals surface area contributed by atoms with E-state index in [-0.39, 0.29) is 36.9 Å². The molecule has 188 valence electrons. The zero-order valence-electron chi connectivity index (χ0n) is 19.5. The first-order valence-electron chi connectivity index (χ1n) is 11.4. The number of anilines is 1. The van der Waals surface area contributed by atoms with Crippen molar-refractivity contribution in [3.63, 3.8) is 0 Å². The van der Waals surface area contributed by atoms with Crippen molar-refractivity contribution in [1.29, 1.82) is 0 Å². The summed E-state index contributed by atoms with van der Waals surface area (Å²) in [5.74, 6) is 0.148. The molecular formula is C24H29N3O7S. The molecule has 35 heavy (non-hydrogen) atoms. The zero-order chi connectivity index (χ0) is 25.1. The van der Waals surface area contributed by atoms with Crippen molar-refractivity contribution in [2.24, 2.45) is 0 Å². The molecule has 0 bridgehead atoms. The SMILES string of the molecule is CC(=O)N1CCN(c2ccccc2Oc2ccc(S(=O)(=O)C3(C(=O)NO)CCOCC3)cc2)CC1. The van der Waals surface area contributed by atoms with E-state index < -0.39 is 20.5 Å². The minimum atomic E-state index is -4.11. The number of hydrogen-bond acceptors (Lipinski definition) is 8. The number of piperazine rings is 1. The standard InChI is InChI=1S/C24H29N3O7S/c1-18(28)26-12-14-27(15-13-26)21-4-2-3-5-22(21)34-19-6-8-20(9-7-19)35(31,32)24(23(29)25-30)10-16-33-17-11-24/h2-9,30H,10-17H2,1H3,(H,25,29). The van der Waals surface area contributed by atoms with Crippen molar-refractivity contribution in [2.75, 3.05) is 44.3 Å². The van der Waals surface area contributed by atoms with Gasteiger partial charge in [0.25, 0.3) is 5.91 Å². The van der Waals surface area contributed by atoms with Gasteiger partial charge in [-0.2, -0.15) is 0 Å². The van der Waals surface area contributed by atoms with Crippen LogP contribution < -0.4 is 15.1 Å². The molecule has 0 atom stereocenters. The fraction of sp³-hybridized carbons (Fsp3) is 0.417. The minimum absolute atomic E-state index is 0.0380. The third-order valence-corrected chi connectivity index (χ3v) is 9.14. The first-order chi connectivity index (χ1) is 16.8. The fourth-order valence-corrected chi connectivity index (χ4v) is 6.47. The summed E-state index contributed by atoms with van der Waals surface area (Å²) in [5, 5.41) is 9.20. The largest absolute Gasteiger partial charge is 0.455 e. The number of para-hydroxylation sites is 2. The van der Waals surface area contributed by atoms with Crippen LogP contribution in [0.15, 0.2) is 53.4 Å². The van der Waals surface area contributed by atoms with Gasteiger partial charge in [0.2, 0.25) is 5.91 Å². The summed E-state index contributed by atoms with van der Waals surface area (Å²) >= 11 is 0. The second-order valence-corrected chi connectivity index (χ2v) is 10.8. The number of hydrogen-bond donors (Lipinski definition) is 2. The van der Waals surface area contributed by atoms with Crippen LogP contribution >= 0.6 is 0 Å². The number of amides is 2. The summed E-state index contributed by atoms with van der Waals surface area (Å²) in [7, 11) is -4.11. The van der Waals surface area contributed by atoms with Crippen LogP contribution in [-0.4, -0.2) is 74.5 Å². The third kappa shape index (κ3) is 4.84. The molecule has 0 aromatic heterocycles. The van der Waals surface area contributed by atoms with Crippen LogP contribution in [0.3, 0.4) is 0 Å². The van der Waals surface area contributed by atoms with Gasteiger partial charge in [0.1, 0.15) is 5.75 Å². The van der Waals surface area contributed by atoms with Crippen LogP contribution in [0, 0.1) is 0 Å². The van der Waals surface area contributed by atoms with Crippen molar-refractivity contribution < 1.29 is 32.7 Å². The van der Waals surface area contributed by atoms with Gasteiger partial charge in [-0.1, -0.05) is 12.1 Å². The lowest BCUT2D eigenvalue weighted by Crippen LogP contribution is -2.54.